The van der Waals surface area contributed by atoms with Crippen molar-refractivity contribution in [3.63, 3.8) is 0 Å². The van der Waals surface area contributed by atoms with Crippen LogP contribution in [0, 0.1) is 13.8 Å². The predicted octanol–water partition coefficient (Wildman–Crippen LogP) is 2.36. The number of methoxy groups -OCH3 is 1. The molecule has 0 unspecified atom stereocenters. The number of carbonyl (C=O) groups is 1. The van der Waals surface area contributed by atoms with E-state index in [1.54, 1.807) is 27.1 Å². The van der Waals surface area contributed by atoms with E-state index in [4.69, 9.17) is 9.26 Å². The van der Waals surface area contributed by atoms with Crippen molar-refractivity contribution in [2.45, 2.75) is 20.4 Å². The van der Waals surface area contributed by atoms with Gasteiger partial charge in [-0.2, -0.15) is 4.98 Å². The van der Waals surface area contributed by atoms with Crippen molar-refractivity contribution in [3.05, 3.63) is 35.5 Å². The fourth-order valence-electron chi connectivity index (χ4n) is 1.76. The summed E-state index contributed by atoms with van der Waals surface area (Å²) in [6.45, 7) is 3.89. The topological polar surface area (TPSA) is 80.5 Å². The van der Waals surface area contributed by atoms with E-state index in [2.05, 4.69) is 15.5 Å². The van der Waals surface area contributed by atoms with Crippen LogP contribution >= 0.6 is 0 Å². The third-order valence-corrected chi connectivity index (χ3v) is 2.98. The molecule has 0 saturated heterocycles. The molecule has 0 fully saturated rings. The van der Waals surface area contributed by atoms with Crippen LogP contribution in [0.3, 0.4) is 0 Å². The van der Waals surface area contributed by atoms with E-state index >= 15 is 0 Å². The van der Waals surface area contributed by atoms with Gasteiger partial charge in [-0.3, -0.25) is 0 Å². The summed E-state index contributed by atoms with van der Waals surface area (Å²) in [7, 11) is 3.25. The van der Waals surface area contributed by atoms with E-state index in [9.17, 15) is 4.79 Å². The first-order chi connectivity index (χ1) is 9.99. The highest BCUT2D eigenvalue weighted by Gasteiger charge is 2.14. The molecule has 1 aromatic carbocycles. The van der Waals surface area contributed by atoms with Crippen LogP contribution in [-0.2, 0) is 6.54 Å². The molecule has 21 heavy (non-hydrogen) atoms. The molecule has 0 saturated carbocycles. The zero-order valence-electron chi connectivity index (χ0n) is 12.5. The minimum absolute atomic E-state index is 0.256. The van der Waals surface area contributed by atoms with Gasteiger partial charge >= 0.3 is 6.03 Å². The number of amides is 2. The summed E-state index contributed by atoms with van der Waals surface area (Å²) in [5.74, 6) is 1.63. The van der Waals surface area contributed by atoms with Crippen molar-refractivity contribution < 1.29 is 14.1 Å². The Kier molecular flexibility index (Phi) is 4.42. The Hall–Kier alpha value is -2.57. The van der Waals surface area contributed by atoms with Crippen molar-refractivity contribution >= 4 is 11.7 Å². The molecule has 2 rings (SSSR count). The van der Waals surface area contributed by atoms with Gasteiger partial charge in [-0.05, 0) is 18.6 Å². The third-order valence-electron chi connectivity index (χ3n) is 2.98. The summed E-state index contributed by atoms with van der Waals surface area (Å²) in [5.41, 5.74) is 1.66. The van der Waals surface area contributed by atoms with E-state index in [1.807, 2.05) is 19.1 Å². The normalized spacial score (nSPS) is 10.3. The molecule has 1 N–H and O–H groups in total. The number of aryl methyl sites for hydroxylation is 2. The van der Waals surface area contributed by atoms with E-state index in [0.717, 1.165) is 5.56 Å². The lowest BCUT2D eigenvalue weighted by atomic mass is 10.2. The van der Waals surface area contributed by atoms with Gasteiger partial charge in [-0.25, -0.2) is 4.79 Å². The highest BCUT2D eigenvalue weighted by molar-refractivity contribution is 5.90. The Morgan fingerprint density at radius 1 is 1.43 bits per heavy atom. The van der Waals surface area contributed by atoms with Gasteiger partial charge < -0.3 is 19.5 Å². The van der Waals surface area contributed by atoms with Crippen LogP contribution in [0.4, 0.5) is 10.5 Å². The van der Waals surface area contributed by atoms with Gasteiger partial charge in [0.05, 0.1) is 13.7 Å². The predicted molar refractivity (Wildman–Crippen MR) is 77.3 cm³/mol. The Bertz CT molecular complexity index is 639. The van der Waals surface area contributed by atoms with Crippen LogP contribution in [0.2, 0.25) is 0 Å². The molecule has 1 aromatic heterocycles. The minimum atomic E-state index is -0.256. The molecule has 112 valence electrons. The Morgan fingerprint density at radius 2 is 2.19 bits per heavy atom. The van der Waals surface area contributed by atoms with E-state index in [-0.39, 0.29) is 12.6 Å². The number of urea groups is 1. The van der Waals surface area contributed by atoms with Gasteiger partial charge in [-0.15, -0.1) is 0 Å². The van der Waals surface area contributed by atoms with Gasteiger partial charge in [0, 0.05) is 25.7 Å². The zero-order chi connectivity index (χ0) is 15.4. The lowest BCUT2D eigenvalue weighted by Gasteiger charge is -2.17. The summed E-state index contributed by atoms with van der Waals surface area (Å²) < 4.78 is 10.0. The number of anilines is 1. The molecule has 0 bridgehead atoms. The lowest BCUT2D eigenvalue weighted by Crippen LogP contribution is -2.31. The number of benzene rings is 1. The second kappa shape index (κ2) is 6.25. The first-order valence-electron chi connectivity index (χ1n) is 6.45. The van der Waals surface area contributed by atoms with Gasteiger partial charge in [0.15, 0.2) is 5.82 Å². The van der Waals surface area contributed by atoms with Crippen molar-refractivity contribution in [1.29, 1.82) is 0 Å². The van der Waals surface area contributed by atoms with E-state index in [1.165, 1.54) is 4.90 Å². The number of carbonyl (C=O) groups excluding carboxylic acids is 1. The van der Waals surface area contributed by atoms with Gasteiger partial charge in [0.2, 0.25) is 5.89 Å². The average Bonchev–Trinajstić information content (AvgIpc) is 2.86. The highest BCUT2D eigenvalue weighted by atomic mass is 16.5. The van der Waals surface area contributed by atoms with Crippen LogP contribution in [0.25, 0.3) is 0 Å². The van der Waals surface area contributed by atoms with Crippen molar-refractivity contribution in [1.82, 2.24) is 15.0 Å². The fourth-order valence-corrected chi connectivity index (χ4v) is 1.76. The number of nitrogens with zero attached hydrogens (tertiary/aromatic N) is 3. The van der Waals surface area contributed by atoms with Gasteiger partial charge in [0.1, 0.15) is 5.75 Å². The van der Waals surface area contributed by atoms with Crippen LogP contribution in [0.15, 0.2) is 22.7 Å². The molecule has 0 spiro atoms. The first-order valence-corrected chi connectivity index (χ1v) is 6.45. The standard InChI is InChI=1S/C14H18N4O3/c1-9-5-6-11(20-4)7-12(9)16-14(19)18(3)8-13-15-10(2)21-17-13/h5-7H,8H2,1-4H3,(H,16,19). The van der Waals surface area contributed by atoms with Crippen molar-refractivity contribution in [2.24, 2.45) is 0 Å². The number of nitrogens with one attached hydrogen (secondary N) is 1. The van der Waals surface area contributed by atoms with Crippen molar-refractivity contribution in [3.8, 4) is 5.75 Å². The van der Waals surface area contributed by atoms with Gasteiger partial charge in [0.25, 0.3) is 0 Å². The number of rotatable bonds is 4. The summed E-state index contributed by atoms with van der Waals surface area (Å²) in [6, 6.07) is 5.25. The Balaban J connectivity index is 2.03. The molecule has 7 nitrogen and oxygen atoms in total. The Morgan fingerprint density at radius 3 is 2.81 bits per heavy atom. The summed E-state index contributed by atoms with van der Waals surface area (Å²) in [4.78, 5) is 17.7. The Labute approximate surface area is 122 Å². The monoisotopic (exact) mass is 290 g/mol. The average molecular weight is 290 g/mol. The number of hydrogen-bond donors (Lipinski definition) is 1. The van der Waals surface area contributed by atoms with Crippen LogP contribution in [-0.4, -0.2) is 35.2 Å². The zero-order valence-corrected chi connectivity index (χ0v) is 12.5. The summed E-state index contributed by atoms with van der Waals surface area (Å²) in [5, 5.41) is 6.59. The number of ether oxygens (including phenoxy) is 1. The summed E-state index contributed by atoms with van der Waals surface area (Å²) in [6.07, 6.45) is 0. The van der Waals surface area contributed by atoms with Crippen LogP contribution < -0.4 is 10.1 Å². The molecular formula is C14H18N4O3. The van der Waals surface area contributed by atoms with Crippen molar-refractivity contribution in [2.75, 3.05) is 19.5 Å². The first kappa shape index (κ1) is 14.8. The molecule has 0 aliphatic carbocycles. The quantitative estimate of drug-likeness (QED) is 0.935. The third kappa shape index (κ3) is 3.71. The highest BCUT2D eigenvalue weighted by Crippen LogP contribution is 2.22. The molecule has 2 aromatic rings. The number of aromatic nitrogens is 2. The molecule has 7 heteroatoms. The van der Waals surface area contributed by atoms with E-state index < -0.39 is 0 Å². The second-order valence-corrected chi connectivity index (χ2v) is 4.70. The maximum absolute atomic E-state index is 12.2. The molecule has 0 atom stereocenters. The maximum atomic E-state index is 12.2. The van der Waals surface area contributed by atoms with E-state index in [0.29, 0.717) is 23.2 Å². The van der Waals surface area contributed by atoms with Gasteiger partial charge in [-0.1, -0.05) is 11.2 Å². The largest absolute Gasteiger partial charge is 0.497 e. The molecule has 0 aliphatic heterocycles. The maximum Gasteiger partial charge on any atom is 0.322 e. The SMILES string of the molecule is COc1ccc(C)c(NC(=O)N(C)Cc2noc(C)n2)c1. The molecule has 1 heterocycles. The fraction of sp³-hybridized carbons (Fsp3) is 0.357. The molecule has 0 radical (unpaired) electrons. The molecule has 0 aliphatic rings. The molecular weight excluding hydrogens is 272 g/mol. The second-order valence-electron chi connectivity index (χ2n) is 4.70. The minimum Gasteiger partial charge on any atom is -0.497 e. The smallest absolute Gasteiger partial charge is 0.322 e. The molecule has 2 amide bonds. The number of hydrogen-bond acceptors (Lipinski definition) is 5. The van der Waals surface area contributed by atoms with Crippen LogP contribution in [0.1, 0.15) is 17.3 Å². The summed E-state index contributed by atoms with van der Waals surface area (Å²) >= 11 is 0. The lowest BCUT2D eigenvalue weighted by molar-refractivity contribution is 0.219. The van der Waals surface area contributed by atoms with Crippen LogP contribution in [0.5, 0.6) is 5.75 Å².